The maximum atomic E-state index is 14.5. The average molecular weight is 962 g/mol. The van der Waals surface area contributed by atoms with Crippen molar-refractivity contribution < 1.29 is 9.59 Å². The summed E-state index contributed by atoms with van der Waals surface area (Å²) in [4.78, 5) is 30.3. The van der Waals surface area contributed by atoms with Crippen molar-refractivity contribution in [1.29, 1.82) is 0 Å². The van der Waals surface area contributed by atoms with Gasteiger partial charge in [0.15, 0.2) is 0 Å². The number of hydrogen-bond donors (Lipinski definition) is 0. The van der Waals surface area contributed by atoms with Crippen molar-refractivity contribution in [3.8, 4) is 89.0 Å². The van der Waals surface area contributed by atoms with E-state index in [1.807, 2.05) is 36.4 Å². The van der Waals surface area contributed by atoms with Crippen LogP contribution in [0.25, 0.3) is 175 Å². The van der Waals surface area contributed by atoms with Gasteiger partial charge in [0, 0.05) is 18.2 Å². The fraction of sp³-hybridized carbons (Fsp3) is 0.0137. The highest BCUT2D eigenvalue weighted by molar-refractivity contribution is 6.46. The predicted octanol–water partition coefficient (Wildman–Crippen LogP) is 19.0. The third-order valence-corrected chi connectivity index (χ3v) is 17.7. The Balaban J connectivity index is 0.936. The molecule has 0 aromatic heterocycles. The fourth-order valence-electron chi connectivity index (χ4n) is 14.8. The summed E-state index contributed by atoms with van der Waals surface area (Å²) < 4.78 is 0. The molecule has 15 aromatic rings. The molecule has 18 rings (SSSR count). The molecule has 0 fully saturated rings. The van der Waals surface area contributed by atoms with E-state index in [4.69, 9.17) is 0 Å². The van der Waals surface area contributed by atoms with E-state index in [-0.39, 0.29) is 11.8 Å². The average Bonchev–Trinajstić information content (AvgIpc) is 4.26. The third-order valence-electron chi connectivity index (χ3n) is 17.7. The molecule has 0 saturated heterocycles. The molecule has 0 bridgehead atoms. The third kappa shape index (κ3) is 4.77. The lowest BCUT2D eigenvalue weighted by Crippen LogP contribution is -2.24. The number of imide groups is 1. The largest absolute Gasteiger partial charge is 0.277 e. The lowest BCUT2D eigenvalue weighted by Gasteiger charge is -2.20. The zero-order valence-electron chi connectivity index (χ0n) is 41.0. The van der Waals surface area contributed by atoms with Crippen molar-refractivity contribution in [3.63, 3.8) is 0 Å². The molecule has 0 atom stereocenters. The summed E-state index contributed by atoms with van der Waals surface area (Å²) in [6, 6.07) is 79.7. The first-order chi connectivity index (χ1) is 37.5. The first kappa shape index (κ1) is 40.5. The van der Waals surface area contributed by atoms with Crippen LogP contribution in [-0.4, -0.2) is 23.8 Å². The molecular formula is C73H39NO2. The van der Waals surface area contributed by atoms with Crippen molar-refractivity contribution >= 4 is 98.0 Å². The number of benzene rings is 15. The maximum Gasteiger partial charge on any atom is 0.261 e. The highest BCUT2D eigenvalue weighted by atomic mass is 16.2. The molecule has 3 aliphatic rings. The number of rotatable bonds is 4. The minimum absolute atomic E-state index is 0.267. The van der Waals surface area contributed by atoms with Crippen molar-refractivity contribution in [3.05, 3.63) is 230 Å². The molecule has 2 aliphatic carbocycles. The van der Waals surface area contributed by atoms with Gasteiger partial charge in [-0.1, -0.05) is 218 Å². The number of carbonyl (C=O) groups excluding carboxylic acids is 2. The molecule has 1 aliphatic heterocycles. The van der Waals surface area contributed by atoms with Crippen molar-refractivity contribution in [2.75, 3.05) is 7.05 Å². The zero-order chi connectivity index (χ0) is 49.8. The van der Waals surface area contributed by atoms with E-state index < -0.39 is 0 Å². The van der Waals surface area contributed by atoms with Crippen molar-refractivity contribution in [2.45, 2.75) is 0 Å². The second-order valence-electron chi connectivity index (χ2n) is 21.1. The van der Waals surface area contributed by atoms with E-state index in [0.29, 0.717) is 11.1 Å². The molecular weight excluding hydrogens is 923 g/mol. The molecule has 1 heterocycles. The Hall–Kier alpha value is -9.96. The molecule has 15 aromatic carbocycles. The minimum atomic E-state index is -0.267. The lowest BCUT2D eigenvalue weighted by atomic mass is 9.81. The van der Waals surface area contributed by atoms with Gasteiger partial charge in [0.1, 0.15) is 0 Å². The summed E-state index contributed by atoms with van der Waals surface area (Å²) in [7, 11) is 1.61. The molecule has 76 heavy (non-hydrogen) atoms. The smallest absolute Gasteiger partial charge is 0.261 e. The summed E-state index contributed by atoms with van der Waals surface area (Å²) in [5.41, 5.74) is 18.9. The van der Waals surface area contributed by atoms with Crippen LogP contribution in [0.2, 0.25) is 0 Å². The van der Waals surface area contributed by atoms with Crippen LogP contribution in [0.4, 0.5) is 0 Å². The Labute approximate surface area is 435 Å². The summed E-state index contributed by atoms with van der Waals surface area (Å²) in [5, 5.41) is 20.0. The predicted molar refractivity (Wildman–Crippen MR) is 316 cm³/mol. The molecule has 0 unspecified atom stereocenters. The summed E-state index contributed by atoms with van der Waals surface area (Å²) in [5.74, 6) is -0.534. The monoisotopic (exact) mass is 961 g/mol. The summed E-state index contributed by atoms with van der Waals surface area (Å²) >= 11 is 0. The molecule has 3 nitrogen and oxygen atoms in total. The second-order valence-corrected chi connectivity index (χ2v) is 21.1. The molecule has 0 saturated carbocycles. The van der Waals surface area contributed by atoms with E-state index in [9.17, 15) is 9.59 Å². The van der Waals surface area contributed by atoms with Crippen molar-refractivity contribution in [1.82, 2.24) is 4.90 Å². The minimum Gasteiger partial charge on any atom is -0.277 e. The van der Waals surface area contributed by atoms with E-state index in [0.717, 1.165) is 44.5 Å². The molecule has 2 amide bonds. The number of carbonyl (C=O) groups is 2. The van der Waals surface area contributed by atoms with Gasteiger partial charge in [-0.25, -0.2) is 0 Å². The van der Waals surface area contributed by atoms with Gasteiger partial charge in [0.25, 0.3) is 11.8 Å². The van der Waals surface area contributed by atoms with Crippen LogP contribution in [0.15, 0.2) is 218 Å². The summed E-state index contributed by atoms with van der Waals surface area (Å²) in [6.07, 6.45) is 0. The summed E-state index contributed by atoms with van der Waals surface area (Å²) in [6.45, 7) is 0. The van der Waals surface area contributed by atoms with E-state index in [1.54, 1.807) is 7.05 Å². The highest BCUT2D eigenvalue weighted by Gasteiger charge is 2.44. The number of nitrogens with zero attached hydrogens (tertiary/aromatic N) is 1. The molecule has 348 valence electrons. The Bertz CT molecular complexity index is 4860. The van der Waals surface area contributed by atoms with Gasteiger partial charge in [-0.15, -0.1) is 0 Å². The first-order valence-corrected chi connectivity index (χ1v) is 26.2. The van der Waals surface area contributed by atoms with Crippen LogP contribution in [0.1, 0.15) is 20.7 Å². The van der Waals surface area contributed by atoms with E-state index in [1.165, 1.54) is 136 Å². The first-order valence-electron chi connectivity index (χ1n) is 26.2. The lowest BCUT2D eigenvalue weighted by molar-refractivity contribution is 0.0693. The highest BCUT2D eigenvalue weighted by Crippen LogP contribution is 2.63. The number of fused-ring (bicyclic) bond motifs is 12. The van der Waals surface area contributed by atoms with Crippen LogP contribution in [0, 0.1) is 0 Å². The van der Waals surface area contributed by atoms with Gasteiger partial charge >= 0.3 is 0 Å². The SMILES string of the molecule is CN1C(=O)c2c(c(-c3ccccc3)c3c(c2-c2ccccc2)-c2ccc4c5ccc6c7ccc8c9c(ccc(c%10ccc(c%11ccc-3c2c4%11)c5c6%10)c97)-c2c-8c(-c3ccccc3)c3ccccc3c2-c2ccccc2)C1=O. The maximum absolute atomic E-state index is 14.5. The van der Waals surface area contributed by atoms with Crippen LogP contribution in [-0.2, 0) is 0 Å². The Kier molecular flexibility index (Phi) is 7.57. The molecule has 0 N–H and O–H groups in total. The number of hydrogen-bond acceptors (Lipinski definition) is 2. The number of amides is 2. The molecule has 0 spiro atoms. The Morgan fingerprint density at radius 2 is 0.447 bits per heavy atom. The molecule has 3 heteroatoms. The quantitative estimate of drug-likeness (QED) is 0.100. The second kappa shape index (κ2) is 14.2. The van der Waals surface area contributed by atoms with Gasteiger partial charge in [0.05, 0.1) is 11.1 Å². The van der Waals surface area contributed by atoms with E-state index >= 15 is 0 Å². The molecule has 0 radical (unpaired) electrons. The van der Waals surface area contributed by atoms with Crippen LogP contribution in [0.5, 0.6) is 0 Å². The Morgan fingerprint density at radius 1 is 0.211 bits per heavy atom. The topological polar surface area (TPSA) is 37.4 Å². The van der Waals surface area contributed by atoms with Crippen LogP contribution >= 0.6 is 0 Å². The van der Waals surface area contributed by atoms with E-state index in [2.05, 4.69) is 182 Å². The standard InChI is InChI=1S/C73H39NO2/c1-74-72(75)70-58(40-20-10-4-11-21-40)68-54-36-32-50-46-28-26-44-48-30-34-52-64-53(67-57(39-18-8-3-9-19-39)43-25-15-14-24-42(43)56(66(52)67)38-16-6-2-7-17-38)35-31-49(62(48)64)45-27-29-47(61(46)60(44)45)51-33-37-55(65(54)63(50)51)69(68)59(71(70)73(74)76)41-22-12-5-13-23-41/h2-37H,1H3. The fourth-order valence-corrected chi connectivity index (χ4v) is 14.8. The zero-order valence-corrected chi connectivity index (χ0v) is 41.0. The van der Waals surface area contributed by atoms with Crippen molar-refractivity contribution in [2.24, 2.45) is 0 Å². The van der Waals surface area contributed by atoms with Gasteiger partial charge in [-0.2, -0.15) is 0 Å². The van der Waals surface area contributed by atoms with Gasteiger partial charge in [-0.3, -0.25) is 14.5 Å². The van der Waals surface area contributed by atoms with Gasteiger partial charge in [-0.05, 0) is 164 Å². The van der Waals surface area contributed by atoms with Crippen LogP contribution < -0.4 is 0 Å². The van der Waals surface area contributed by atoms with Crippen LogP contribution in [0.3, 0.4) is 0 Å². The van der Waals surface area contributed by atoms with Gasteiger partial charge < -0.3 is 0 Å². The Morgan fingerprint density at radius 3 is 0.750 bits per heavy atom. The van der Waals surface area contributed by atoms with Gasteiger partial charge in [0.2, 0.25) is 0 Å². The normalized spacial score (nSPS) is 13.4.